The fraction of sp³-hybridized carbons (Fsp3) is 0.600. The van der Waals surface area contributed by atoms with Gasteiger partial charge in [0.2, 0.25) is 0 Å². The molecule has 1 saturated carbocycles. The molecule has 2 rings (SSSR count). The first kappa shape index (κ1) is 12.6. The lowest BCUT2D eigenvalue weighted by atomic mass is 9.89. The fourth-order valence-electron chi connectivity index (χ4n) is 2.69. The van der Waals surface area contributed by atoms with Crippen molar-refractivity contribution in [3.8, 4) is 0 Å². The average molecular weight is 236 g/mol. The van der Waals surface area contributed by atoms with Crippen LogP contribution in [0.1, 0.15) is 55.8 Å². The Morgan fingerprint density at radius 1 is 1.18 bits per heavy atom. The van der Waals surface area contributed by atoms with Gasteiger partial charge in [-0.2, -0.15) is 0 Å². The molecule has 1 aromatic carbocycles. The average Bonchev–Trinajstić information content (AvgIpc) is 2.60. The predicted octanol–water partition coefficient (Wildman–Crippen LogP) is 4.14. The summed E-state index contributed by atoms with van der Waals surface area (Å²) < 4.78 is 13.5. The van der Waals surface area contributed by atoms with Crippen molar-refractivity contribution < 1.29 is 9.50 Å². The second kappa shape index (κ2) is 5.63. The van der Waals surface area contributed by atoms with Gasteiger partial charge in [-0.05, 0) is 42.9 Å². The van der Waals surface area contributed by atoms with Gasteiger partial charge in [0.1, 0.15) is 5.82 Å². The third-order valence-corrected chi connectivity index (χ3v) is 3.88. The standard InChI is InChI=1S/C15H21FO/c1-11-8-9-13(10-14(11)16)15(17)12-6-4-2-3-5-7-12/h8-10,12,15,17H,2-7H2,1H3. The summed E-state index contributed by atoms with van der Waals surface area (Å²) in [5.41, 5.74) is 1.38. The number of aliphatic hydroxyl groups is 1. The van der Waals surface area contributed by atoms with Crippen LogP contribution < -0.4 is 0 Å². The van der Waals surface area contributed by atoms with Crippen molar-refractivity contribution in [3.63, 3.8) is 0 Å². The smallest absolute Gasteiger partial charge is 0.126 e. The van der Waals surface area contributed by atoms with Crippen LogP contribution in [0.2, 0.25) is 0 Å². The summed E-state index contributed by atoms with van der Waals surface area (Å²) in [6.07, 6.45) is 6.55. The highest BCUT2D eigenvalue weighted by molar-refractivity contribution is 5.25. The van der Waals surface area contributed by atoms with Crippen molar-refractivity contribution in [2.75, 3.05) is 0 Å². The van der Waals surface area contributed by atoms with Crippen LogP contribution in [0.3, 0.4) is 0 Å². The van der Waals surface area contributed by atoms with Gasteiger partial charge in [-0.3, -0.25) is 0 Å². The molecule has 0 aliphatic heterocycles. The lowest BCUT2D eigenvalue weighted by molar-refractivity contribution is 0.0985. The lowest BCUT2D eigenvalue weighted by Gasteiger charge is -2.21. The van der Waals surface area contributed by atoms with E-state index >= 15 is 0 Å². The SMILES string of the molecule is Cc1ccc(C(O)C2CCCCCC2)cc1F. The summed E-state index contributed by atoms with van der Waals surface area (Å²) in [6, 6.07) is 5.10. The summed E-state index contributed by atoms with van der Waals surface area (Å²) in [7, 11) is 0. The number of halogens is 1. The first-order valence-electron chi connectivity index (χ1n) is 6.62. The van der Waals surface area contributed by atoms with E-state index in [1.165, 1.54) is 31.7 Å². The molecule has 0 heterocycles. The van der Waals surface area contributed by atoms with E-state index in [1.54, 1.807) is 13.0 Å². The van der Waals surface area contributed by atoms with Gasteiger partial charge in [0, 0.05) is 0 Å². The minimum Gasteiger partial charge on any atom is -0.388 e. The zero-order valence-electron chi connectivity index (χ0n) is 10.5. The van der Waals surface area contributed by atoms with Crippen LogP contribution in [0.15, 0.2) is 18.2 Å². The van der Waals surface area contributed by atoms with E-state index in [9.17, 15) is 9.50 Å². The van der Waals surface area contributed by atoms with Gasteiger partial charge in [-0.1, -0.05) is 37.8 Å². The molecule has 1 N–H and O–H groups in total. The molecule has 2 heteroatoms. The molecule has 0 aromatic heterocycles. The van der Waals surface area contributed by atoms with Gasteiger partial charge in [0.15, 0.2) is 0 Å². The minimum atomic E-state index is -0.497. The largest absolute Gasteiger partial charge is 0.388 e. The van der Waals surface area contributed by atoms with E-state index in [1.807, 2.05) is 6.07 Å². The maximum atomic E-state index is 13.5. The maximum Gasteiger partial charge on any atom is 0.126 e. The molecule has 0 bridgehead atoms. The van der Waals surface area contributed by atoms with Crippen molar-refractivity contribution >= 4 is 0 Å². The molecule has 94 valence electrons. The van der Waals surface area contributed by atoms with E-state index < -0.39 is 6.10 Å². The molecular formula is C15H21FO. The molecule has 0 amide bonds. The van der Waals surface area contributed by atoms with E-state index in [0.717, 1.165) is 18.4 Å². The van der Waals surface area contributed by atoms with Crippen molar-refractivity contribution in [1.29, 1.82) is 0 Å². The molecule has 1 aromatic rings. The highest BCUT2D eigenvalue weighted by Gasteiger charge is 2.22. The second-order valence-corrected chi connectivity index (χ2v) is 5.21. The summed E-state index contributed by atoms with van der Waals surface area (Å²) in [5.74, 6) is 0.0924. The second-order valence-electron chi connectivity index (χ2n) is 5.21. The van der Waals surface area contributed by atoms with Gasteiger partial charge < -0.3 is 5.11 Å². The number of hydrogen-bond acceptors (Lipinski definition) is 1. The zero-order valence-corrected chi connectivity index (χ0v) is 10.5. The third kappa shape index (κ3) is 3.06. The zero-order chi connectivity index (χ0) is 12.3. The van der Waals surface area contributed by atoms with Gasteiger partial charge >= 0.3 is 0 Å². The highest BCUT2D eigenvalue weighted by atomic mass is 19.1. The third-order valence-electron chi connectivity index (χ3n) is 3.88. The van der Waals surface area contributed by atoms with Crippen LogP contribution in [0.4, 0.5) is 4.39 Å². The molecule has 1 nitrogen and oxygen atoms in total. The Morgan fingerprint density at radius 3 is 2.41 bits per heavy atom. The Morgan fingerprint density at radius 2 is 1.82 bits per heavy atom. The molecular weight excluding hydrogens is 215 g/mol. The van der Waals surface area contributed by atoms with Gasteiger partial charge in [-0.15, -0.1) is 0 Å². The first-order chi connectivity index (χ1) is 8.18. The van der Waals surface area contributed by atoms with Crippen molar-refractivity contribution in [3.05, 3.63) is 35.1 Å². The summed E-state index contributed by atoms with van der Waals surface area (Å²) in [6.45, 7) is 1.75. The van der Waals surface area contributed by atoms with Crippen molar-refractivity contribution in [2.45, 2.75) is 51.6 Å². The van der Waals surface area contributed by atoms with Crippen LogP contribution >= 0.6 is 0 Å². The number of benzene rings is 1. The van der Waals surface area contributed by atoms with Crippen molar-refractivity contribution in [2.24, 2.45) is 5.92 Å². The minimum absolute atomic E-state index is 0.213. The normalized spacial score (nSPS) is 19.9. The van der Waals surface area contributed by atoms with Gasteiger partial charge in [-0.25, -0.2) is 4.39 Å². The van der Waals surface area contributed by atoms with E-state index in [0.29, 0.717) is 11.5 Å². The Hall–Kier alpha value is -0.890. The summed E-state index contributed by atoms with van der Waals surface area (Å²) in [4.78, 5) is 0. The fourth-order valence-corrected chi connectivity index (χ4v) is 2.69. The molecule has 17 heavy (non-hydrogen) atoms. The molecule has 1 unspecified atom stereocenters. The Bertz CT molecular complexity index is 367. The van der Waals surface area contributed by atoms with Crippen molar-refractivity contribution in [1.82, 2.24) is 0 Å². The highest BCUT2D eigenvalue weighted by Crippen LogP contribution is 2.33. The molecule has 0 spiro atoms. The molecule has 0 radical (unpaired) electrons. The number of rotatable bonds is 2. The quantitative estimate of drug-likeness (QED) is 0.765. The molecule has 1 atom stereocenters. The Balaban J connectivity index is 2.11. The first-order valence-corrected chi connectivity index (χ1v) is 6.62. The van der Waals surface area contributed by atoms with Crippen LogP contribution in [0.25, 0.3) is 0 Å². The number of aliphatic hydroxyl groups excluding tert-OH is 1. The molecule has 0 saturated heterocycles. The van der Waals surface area contributed by atoms with Gasteiger partial charge in [0.05, 0.1) is 6.10 Å². The monoisotopic (exact) mass is 236 g/mol. The lowest BCUT2D eigenvalue weighted by Crippen LogP contribution is -2.12. The number of hydrogen-bond donors (Lipinski definition) is 1. The molecule has 1 aliphatic rings. The van der Waals surface area contributed by atoms with Crippen LogP contribution in [-0.2, 0) is 0 Å². The Labute approximate surface area is 103 Å². The number of aryl methyl sites for hydroxylation is 1. The summed E-state index contributed by atoms with van der Waals surface area (Å²) >= 11 is 0. The maximum absolute atomic E-state index is 13.5. The molecule has 1 fully saturated rings. The van der Waals surface area contributed by atoms with E-state index in [2.05, 4.69) is 0 Å². The van der Waals surface area contributed by atoms with E-state index in [4.69, 9.17) is 0 Å². The topological polar surface area (TPSA) is 20.2 Å². The van der Waals surface area contributed by atoms with Gasteiger partial charge in [0.25, 0.3) is 0 Å². The van der Waals surface area contributed by atoms with Crippen LogP contribution in [-0.4, -0.2) is 5.11 Å². The van der Waals surface area contributed by atoms with Crippen LogP contribution in [0, 0.1) is 18.7 Å². The Kier molecular flexibility index (Phi) is 4.16. The summed E-state index contributed by atoms with van der Waals surface area (Å²) in [5, 5.41) is 10.3. The van der Waals surface area contributed by atoms with Crippen LogP contribution in [0.5, 0.6) is 0 Å². The van der Waals surface area contributed by atoms with E-state index in [-0.39, 0.29) is 5.82 Å². The predicted molar refractivity (Wildman–Crippen MR) is 67.3 cm³/mol. The molecule has 1 aliphatic carbocycles.